The third kappa shape index (κ3) is 2.68. The Bertz CT molecular complexity index is 488. The van der Waals surface area contributed by atoms with Gasteiger partial charge in [0, 0.05) is 36.2 Å². The monoisotopic (exact) mass is 232 g/mol. The molecule has 0 bridgehead atoms. The van der Waals surface area contributed by atoms with Crippen molar-refractivity contribution in [1.82, 2.24) is 9.88 Å². The van der Waals surface area contributed by atoms with E-state index in [1.165, 1.54) is 16.5 Å². The van der Waals surface area contributed by atoms with Crippen molar-refractivity contribution in [2.75, 3.05) is 6.61 Å². The van der Waals surface area contributed by atoms with Gasteiger partial charge < -0.3 is 15.0 Å². The standard InChI is InChI=1S/C14H20N2O/c1-11(2)15-9-12-10-16(7-8-17)14-6-4-3-5-13(12)14/h3-6,10-11,15,17H,7-9H2,1-2H3. The quantitative estimate of drug-likeness (QED) is 0.828. The fraction of sp³-hybridized carbons (Fsp3) is 0.429. The van der Waals surface area contributed by atoms with Crippen LogP contribution in [0.4, 0.5) is 0 Å². The number of aromatic nitrogens is 1. The van der Waals surface area contributed by atoms with E-state index in [4.69, 9.17) is 5.11 Å². The van der Waals surface area contributed by atoms with Gasteiger partial charge in [0.2, 0.25) is 0 Å². The van der Waals surface area contributed by atoms with Crippen LogP contribution >= 0.6 is 0 Å². The summed E-state index contributed by atoms with van der Waals surface area (Å²) in [6, 6.07) is 8.82. The van der Waals surface area contributed by atoms with Crippen molar-refractivity contribution in [2.45, 2.75) is 33.0 Å². The maximum atomic E-state index is 9.07. The molecule has 0 saturated heterocycles. The third-order valence-electron chi connectivity index (χ3n) is 2.91. The smallest absolute Gasteiger partial charge is 0.0610 e. The number of nitrogens with zero attached hydrogens (tertiary/aromatic N) is 1. The molecule has 0 aliphatic heterocycles. The number of aliphatic hydroxyl groups excluding tert-OH is 1. The van der Waals surface area contributed by atoms with Crippen LogP contribution in [0, 0.1) is 0 Å². The van der Waals surface area contributed by atoms with E-state index in [9.17, 15) is 0 Å². The van der Waals surface area contributed by atoms with Gasteiger partial charge in [-0.3, -0.25) is 0 Å². The topological polar surface area (TPSA) is 37.2 Å². The number of fused-ring (bicyclic) bond motifs is 1. The molecule has 2 rings (SSSR count). The zero-order valence-corrected chi connectivity index (χ0v) is 10.5. The van der Waals surface area contributed by atoms with Gasteiger partial charge in [-0.1, -0.05) is 32.0 Å². The zero-order chi connectivity index (χ0) is 12.3. The molecule has 0 fully saturated rings. The largest absolute Gasteiger partial charge is 0.395 e. The molecule has 1 heterocycles. The maximum absolute atomic E-state index is 9.07. The van der Waals surface area contributed by atoms with Crippen molar-refractivity contribution in [3.8, 4) is 0 Å². The normalized spacial score (nSPS) is 11.5. The van der Waals surface area contributed by atoms with E-state index >= 15 is 0 Å². The fourth-order valence-electron chi connectivity index (χ4n) is 2.07. The Labute approximate surface area is 102 Å². The minimum absolute atomic E-state index is 0.176. The van der Waals surface area contributed by atoms with E-state index in [2.05, 4.69) is 48.1 Å². The molecule has 0 spiro atoms. The van der Waals surface area contributed by atoms with Gasteiger partial charge >= 0.3 is 0 Å². The van der Waals surface area contributed by atoms with Crippen LogP contribution in [-0.2, 0) is 13.1 Å². The SMILES string of the molecule is CC(C)NCc1cn(CCO)c2ccccc12. The summed E-state index contributed by atoms with van der Waals surface area (Å²) in [5, 5.41) is 13.8. The first-order chi connectivity index (χ1) is 8.22. The molecule has 3 heteroatoms. The van der Waals surface area contributed by atoms with Crippen LogP contribution in [0.3, 0.4) is 0 Å². The van der Waals surface area contributed by atoms with E-state index < -0.39 is 0 Å². The Morgan fingerprint density at radius 1 is 1.29 bits per heavy atom. The fourth-order valence-corrected chi connectivity index (χ4v) is 2.07. The lowest BCUT2D eigenvalue weighted by Gasteiger charge is -2.06. The van der Waals surface area contributed by atoms with E-state index in [0.717, 1.165) is 6.54 Å². The Hall–Kier alpha value is -1.32. The van der Waals surface area contributed by atoms with E-state index in [-0.39, 0.29) is 6.61 Å². The number of hydrogen-bond acceptors (Lipinski definition) is 2. The average molecular weight is 232 g/mol. The summed E-state index contributed by atoms with van der Waals surface area (Å²) in [6.07, 6.45) is 2.14. The van der Waals surface area contributed by atoms with Crippen LogP contribution in [0.1, 0.15) is 19.4 Å². The van der Waals surface area contributed by atoms with Crippen molar-refractivity contribution in [3.05, 3.63) is 36.0 Å². The van der Waals surface area contributed by atoms with Gasteiger partial charge in [-0.25, -0.2) is 0 Å². The number of aliphatic hydroxyl groups is 1. The molecule has 0 radical (unpaired) electrons. The lowest BCUT2D eigenvalue weighted by atomic mass is 10.2. The summed E-state index contributed by atoms with van der Waals surface area (Å²) in [6.45, 7) is 5.99. The van der Waals surface area contributed by atoms with Crippen molar-refractivity contribution in [1.29, 1.82) is 0 Å². The summed E-state index contributed by atoms with van der Waals surface area (Å²) in [4.78, 5) is 0. The molecule has 0 aliphatic carbocycles. The predicted molar refractivity (Wildman–Crippen MR) is 71.0 cm³/mol. The van der Waals surface area contributed by atoms with E-state index in [0.29, 0.717) is 12.6 Å². The first kappa shape index (κ1) is 12.1. The number of rotatable bonds is 5. The third-order valence-corrected chi connectivity index (χ3v) is 2.91. The minimum atomic E-state index is 0.176. The van der Waals surface area contributed by atoms with Gasteiger partial charge in [0.1, 0.15) is 0 Å². The molecule has 0 amide bonds. The molecular weight excluding hydrogens is 212 g/mol. The molecule has 0 atom stereocenters. The molecule has 3 nitrogen and oxygen atoms in total. The van der Waals surface area contributed by atoms with Crippen molar-refractivity contribution >= 4 is 10.9 Å². The molecule has 2 aromatic rings. The molecule has 92 valence electrons. The predicted octanol–water partition coefficient (Wildman–Crippen LogP) is 2.13. The first-order valence-electron chi connectivity index (χ1n) is 6.13. The van der Waals surface area contributed by atoms with Crippen LogP contribution in [0.25, 0.3) is 10.9 Å². The summed E-state index contributed by atoms with van der Waals surface area (Å²) in [5.74, 6) is 0. The highest BCUT2D eigenvalue weighted by Gasteiger charge is 2.07. The van der Waals surface area contributed by atoms with Gasteiger partial charge in [0.05, 0.1) is 6.61 Å². The zero-order valence-electron chi connectivity index (χ0n) is 10.5. The van der Waals surface area contributed by atoms with Gasteiger partial charge in [0.25, 0.3) is 0 Å². The summed E-state index contributed by atoms with van der Waals surface area (Å²) in [7, 11) is 0. The van der Waals surface area contributed by atoms with Crippen LogP contribution in [0.5, 0.6) is 0 Å². The van der Waals surface area contributed by atoms with Gasteiger partial charge in [-0.05, 0) is 11.6 Å². The molecule has 1 aromatic carbocycles. The lowest BCUT2D eigenvalue weighted by Crippen LogP contribution is -2.21. The summed E-state index contributed by atoms with van der Waals surface area (Å²) in [5.41, 5.74) is 2.49. The molecule has 2 N–H and O–H groups in total. The van der Waals surface area contributed by atoms with Crippen molar-refractivity contribution < 1.29 is 5.11 Å². The van der Waals surface area contributed by atoms with Crippen LogP contribution < -0.4 is 5.32 Å². The highest BCUT2D eigenvalue weighted by Crippen LogP contribution is 2.21. The maximum Gasteiger partial charge on any atom is 0.0610 e. The molecule has 0 unspecified atom stereocenters. The molecule has 0 aliphatic rings. The van der Waals surface area contributed by atoms with Crippen LogP contribution in [-0.4, -0.2) is 22.3 Å². The van der Waals surface area contributed by atoms with E-state index in [1.807, 2.05) is 6.07 Å². The van der Waals surface area contributed by atoms with Gasteiger partial charge in [-0.2, -0.15) is 0 Å². The highest BCUT2D eigenvalue weighted by molar-refractivity contribution is 5.83. The number of para-hydroxylation sites is 1. The second-order valence-corrected chi connectivity index (χ2v) is 4.62. The first-order valence-corrected chi connectivity index (χ1v) is 6.13. The Morgan fingerprint density at radius 3 is 2.76 bits per heavy atom. The summed E-state index contributed by atoms with van der Waals surface area (Å²) < 4.78 is 2.12. The number of nitrogens with one attached hydrogen (secondary N) is 1. The van der Waals surface area contributed by atoms with Crippen molar-refractivity contribution in [2.24, 2.45) is 0 Å². The Morgan fingerprint density at radius 2 is 2.06 bits per heavy atom. The molecule has 0 saturated carbocycles. The van der Waals surface area contributed by atoms with Gasteiger partial charge in [0.15, 0.2) is 0 Å². The van der Waals surface area contributed by atoms with Gasteiger partial charge in [-0.15, -0.1) is 0 Å². The highest BCUT2D eigenvalue weighted by atomic mass is 16.3. The van der Waals surface area contributed by atoms with Crippen molar-refractivity contribution in [3.63, 3.8) is 0 Å². The summed E-state index contributed by atoms with van der Waals surface area (Å²) >= 11 is 0. The van der Waals surface area contributed by atoms with Crippen LogP contribution in [0.15, 0.2) is 30.5 Å². The molecule has 1 aromatic heterocycles. The second kappa shape index (κ2) is 5.34. The minimum Gasteiger partial charge on any atom is -0.395 e. The second-order valence-electron chi connectivity index (χ2n) is 4.62. The Kier molecular flexibility index (Phi) is 3.82. The van der Waals surface area contributed by atoms with E-state index in [1.54, 1.807) is 0 Å². The molecular formula is C14H20N2O. The number of benzene rings is 1. The molecule has 17 heavy (non-hydrogen) atoms. The Balaban J connectivity index is 2.34. The van der Waals surface area contributed by atoms with Crippen LogP contribution in [0.2, 0.25) is 0 Å². The lowest BCUT2D eigenvalue weighted by molar-refractivity contribution is 0.278. The average Bonchev–Trinajstić information content (AvgIpc) is 2.66. The number of hydrogen-bond donors (Lipinski definition) is 2.